The Balaban J connectivity index is 1.55. The molecule has 1 aliphatic rings. The molecule has 6 nitrogen and oxygen atoms in total. The van der Waals surface area contributed by atoms with Gasteiger partial charge in [0.1, 0.15) is 0 Å². The zero-order valence-electron chi connectivity index (χ0n) is 14.4. The molecule has 0 spiro atoms. The van der Waals surface area contributed by atoms with Crippen LogP contribution >= 0.6 is 0 Å². The van der Waals surface area contributed by atoms with Crippen LogP contribution in [0.4, 0.5) is 11.4 Å². The Morgan fingerprint density at radius 2 is 1.80 bits per heavy atom. The maximum Gasteiger partial charge on any atom is 0.238 e. The number of pyridine rings is 1. The molecule has 3 rings (SSSR count). The number of benzene rings is 1. The van der Waals surface area contributed by atoms with Crippen LogP contribution < -0.4 is 16.0 Å². The fourth-order valence-corrected chi connectivity index (χ4v) is 3.11. The van der Waals surface area contributed by atoms with Gasteiger partial charge in [-0.15, -0.1) is 0 Å². The van der Waals surface area contributed by atoms with Gasteiger partial charge in [-0.05, 0) is 36.2 Å². The minimum Gasteiger partial charge on any atom is -0.367 e. The summed E-state index contributed by atoms with van der Waals surface area (Å²) in [7, 11) is 0. The molecule has 1 amide bonds. The lowest BCUT2D eigenvalue weighted by Crippen LogP contribution is -2.47. The molecular weight excluding hydrogens is 314 g/mol. The predicted molar refractivity (Wildman–Crippen MR) is 101 cm³/mol. The monoisotopic (exact) mass is 339 g/mol. The first-order valence-electron chi connectivity index (χ1n) is 8.71. The lowest BCUT2D eigenvalue weighted by molar-refractivity contribution is -0.114. The van der Waals surface area contributed by atoms with E-state index in [1.165, 1.54) is 5.56 Å². The van der Waals surface area contributed by atoms with E-state index < -0.39 is 0 Å². The summed E-state index contributed by atoms with van der Waals surface area (Å²) >= 11 is 0. The lowest BCUT2D eigenvalue weighted by Gasteiger charge is -2.37. The second-order valence-electron chi connectivity index (χ2n) is 6.20. The standard InChI is InChI=1S/C19H25N5O/c20-15-19(25)22-17-3-1-2-4-18(17)24-13-11-23(12-14-24)10-7-16-5-8-21-9-6-16/h1-6,8-9H,7,10-15,20H2,(H,22,25). The Kier molecular flexibility index (Phi) is 5.98. The number of rotatable bonds is 6. The molecule has 2 aromatic rings. The summed E-state index contributed by atoms with van der Waals surface area (Å²) in [6.07, 6.45) is 4.74. The average molecular weight is 339 g/mol. The molecule has 6 heteroatoms. The van der Waals surface area contributed by atoms with E-state index in [-0.39, 0.29) is 12.5 Å². The van der Waals surface area contributed by atoms with Gasteiger partial charge in [0, 0.05) is 45.1 Å². The largest absolute Gasteiger partial charge is 0.367 e. The number of hydrogen-bond acceptors (Lipinski definition) is 5. The summed E-state index contributed by atoms with van der Waals surface area (Å²) in [6, 6.07) is 12.1. The van der Waals surface area contributed by atoms with E-state index in [9.17, 15) is 4.79 Å². The number of hydrogen-bond donors (Lipinski definition) is 2. The average Bonchev–Trinajstić information content (AvgIpc) is 2.68. The fraction of sp³-hybridized carbons (Fsp3) is 0.368. The summed E-state index contributed by atoms with van der Waals surface area (Å²) < 4.78 is 0. The van der Waals surface area contributed by atoms with Gasteiger partial charge < -0.3 is 16.0 Å². The van der Waals surface area contributed by atoms with Crippen molar-refractivity contribution in [2.45, 2.75) is 6.42 Å². The molecule has 0 bridgehead atoms. The molecule has 0 radical (unpaired) electrons. The molecule has 0 saturated carbocycles. The topological polar surface area (TPSA) is 74.5 Å². The number of carbonyl (C=O) groups excluding carboxylic acids is 1. The second-order valence-corrected chi connectivity index (χ2v) is 6.20. The molecule has 25 heavy (non-hydrogen) atoms. The van der Waals surface area contributed by atoms with Gasteiger partial charge in [0.05, 0.1) is 17.9 Å². The number of nitrogens with one attached hydrogen (secondary N) is 1. The minimum atomic E-state index is -0.163. The van der Waals surface area contributed by atoms with Gasteiger partial charge in [-0.25, -0.2) is 0 Å². The van der Waals surface area contributed by atoms with Crippen molar-refractivity contribution in [2.75, 3.05) is 49.5 Å². The third-order valence-corrected chi connectivity index (χ3v) is 4.54. The Morgan fingerprint density at radius 3 is 2.52 bits per heavy atom. The quantitative estimate of drug-likeness (QED) is 0.831. The fourth-order valence-electron chi connectivity index (χ4n) is 3.11. The van der Waals surface area contributed by atoms with Gasteiger partial charge in [0.25, 0.3) is 0 Å². The molecular formula is C19H25N5O. The van der Waals surface area contributed by atoms with Gasteiger partial charge in [0.2, 0.25) is 5.91 Å². The SMILES string of the molecule is NCC(=O)Nc1ccccc1N1CCN(CCc2ccncc2)CC1. The van der Waals surface area contributed by atoms with Crippen LogP contribution in [-0.4, -0.2) is 55.1 Å². The number of nitrogens with two attached hydrogens (primary N) is 1. The highest BCUT2D eigenvalue weighted by atomic mass is 16.1. The second kappa shape index (κ2) is 8.60. The van der Waals surface area contributed by atoms with E-state index >= 15 is 0 Å². The van der Waals surface area contributed by atoms with Crippen molar-refractivity contribution in [3.8, 4) is 0 Å². The number of piperazine rings is 1. The van der Waals surface area contributed by atoms with Crippen LogP contribution in [0.3, 0.4) is 0 Å². The molecule has 1 aromatic heterocycles. The summed E-state index contributed by atoms with van der Waals surface area (Å²) in [5.74, 6) is -0.163. The first-order valence-corrected chi connectivity index (χ1v) is 8.71. The summed E-state index contributed by atoms with van der Waals surface area (Å²) in [5, 5.41) is 2.89. The van der Waals surface area contributed by atoms with Gasteiger partial charge >= 0.3 is 0 Å². The van der Waals surface area contributed by atoms with Crippen molar-refractivity contribution < 1.29 is 4.79 Å². The Bertz CT molecular complexity index is 683. The van der Waals surface area contributed by atoms with Crippen LogP contribution in [0.1, 0.15) is 5.56 Å². The van der Waals surface area contributed by atoms with E-state index in [0.29, 0.717) is 0 Å². The van der Waals surface area contributed by atoms with Crippen molar-refractivity contribution in [3.63, 3.8) is 0 Å². The molecule has 0 aliphatic carbocycles. The Labute approximate surface area is 148 Å². The molecule has 2 heterocycles. The van der Waals surface area contributed by atoms with Crippen LogP contribution in [0.15, 0.2) is 48.8 Å². The van der Waals surface area contributed by atoms with Crippen molar-refractivity contribution in [1.29, 1.82) is 0 Å². The first-order chi connectivity index (χ1) is 12.3. The molecule has 1 fully saturated rings. The third kappa shape index (κ3) is 4.78. The van der Waals surface area contributed by atoms with E-state index in [2.05, 4.69) is 38.3 Å². The highest BCUT2D eigenvalue weighted by Gasteiger charge is 2.19. The zero-order valence-corrected chi connectivity index (χ0v) is 14.4. The van der Waals surface area contributed by atoms with E-state index in [1.54, 1.807) is 0 Å². The van der Waals surface area contributed by atoms with E-state index in [0.717, 1.165) is 50.5 Å². The van der Waals surface area contributed by atoms with Crippen LogP contribution in [0.2, 0.25) is 0 Å². The number of amides is 1. The highest BCUT2D eigenvalue weighted by molar-refractivity contribution is 5.95. The van der Waals surface area contributed by atoms with Crippen LogP contribution in [0.5, 0.6) is 0 Å². The highest BCUT2D eigenvalue weighted by Crippen LogP contribution is 2.26. The van der Waals surface area contributed by atoms with Crippen LogP contribution in [0, 0.1) is 0 Å². The van der Waals surface area contributed by atoms with Crippen molar-refractivity contribution in [3.05, 3.63) is 54.4 Å². The first kappa shape index (κ1) is 17.4. The number of para-hydroxylation sites is 2. The van der Waals surface area contributed by atoms with Gasteiger partial charge in [0.15, 0.2) is 0 Å². The Hall–Kier alpha value is -2.44. The number of nitrogens with zero attached hydrogens (tertiary/aromatic N) is 3. The van der Waals surface area contributed by atoms with Crippen LogP contribution in [0.25, 0.3) is 0 Å². The van der Waals surface area contributed by atoms with E-state index in [1.807, 2.05) is 30.6 Å². The number of aromatic nitrogens is 1. The lowest BCUT2D eigenvalue weighted by atomic mass is 10.1. The van der Waals surface area contributed by atoms with Gasteiger partial charge in [-0.3, -0.25) is 14.7 Å². The minimum absolute atomic E-state index is 0.00286. The smallest absolute Gasteiger partial charge is 0.238 e. The maximum atomic E-state index is 11.6. The predicted octanol–water partition coefficient (Wildman–Crippen LogP) is 1.34. The third-order valence-electron chi connectivity index (χ3n) is 4.54. The normalized spacial score (nSPS) is 15.2. The molecule has 0 unspecified atom stereocenters. The van der Waals surface area contributed by atoms with Gasteiger partial charge in [-0.2, -0.15) is 0 Å². The van der Waals surface area contributed by atoms with E-state index in [4.69, 9.17) is 5.73 Å². The summed E-state index contributed by atoms with van der Waals surface area (Å²) in [6.45, 7) is 4.99. The van der Waals surface area contributed by atoms with Crippen LogP contribution in [-0.2, 0) is 11.2 Å². The molecule has 1 aliphatic heterocycles. The van der Waals surface area contributed by atoms with Crippen molar-refractivity contribution in [1.82, 2.24) is 9.88 Å². The summed E-state index contributed by atoms with van der Waals surface area (Å²) in [4.78, 5) is 20.5. The zero-order chi connectivity index (χ0) is 17.5. The maximum absolute atomic E-state index is 11.6. The molecule has 3 N–H and O–H groups in total. The number of carbonyl (C=O) groups is 1. The van der Waals surface area contributed by atoms with Crippen molar-refractivity contribution in [2.24, 2.45) is 5.73 Å². The van der Waals surface area contributed by atoms with Crippen molar-refractivity contribution >= 4 is 17.3 Å². The Morgan fingerprint density at radius 1 is 1.08 bits per heavy atom. The molecule has 132 valence electrons. The number of anilines is 2. The molecule has 0 atom stereocenters. The van der Waals surface area contributed by atoms with Gasteiger partial charge in [-0.1, -0.05) is 12.1 Å². The molecule has 1 aromatic carbocycles. The summed E-state index contributed by atoms with van der Waals surface area (Å²) in [5.41, 5.74) is 8.64. The molecule has 1 saturated heterocycles.